The Hall–Kier alpha value is -3.15. The lowest BCUT2D eigenvalue weighted by Crippen LogP contribution is -2.29. The lowest BCUT2D eigenvalue weighted by molar-refractivity contribution is 0.102. The molecule has 23 heavy (non-hydrogen) atoms. The van der Waals surface area contributed by atoms with Crippen LogP contribution in [0.1, 0.15) is 22.8 Å². The van der Waals surface area contributed by atoms with Crippen molar-refractivity contribution >= 4 is 22.6 Å². The predicted molar refractivity (Wildman–Crippen MR) is 89.0 cm³/mol. The van der Waals surface area contributed by atoms with Crippen LogP contribution < -0.4 is 16.4 Å². The number of para-hydroxylation sites is 1. The minimum atomic E-state index is -0.744. The molecular formula is C17H15N3O3. The van der Waals surface area contributed by atoms with Crippen LogP contribution in [0.3, 0.4) is 0 Å². The van der Waals surface area contributed by atoms with Crippen LogP contribution in [0.4, 0.5) is 5.69 Å². The van der Waals surface area contributed by atoms with Gasteiger partial charge in [0.05, 0.1) is 11.0 Å². The minimum absolute atomic E-state index is 0.278. The van der Waals surface area contributed by atoms with Crippen LogP contribution in [0.5, 0.6) is 0 Å². The second kappa shape index (κ2) is 5.92. The normalized spacial score (nSPS) is 10.7. The molecule has 0 saturated carbocycles. The van der Waals surface area contributed by atoms with E-state index in [-0.39, 0.29) is 5.91 Å². The molecule has 0 spiro atoms. The molecule has 0 aliphatic carbocycles. The topological polar surface area (TPSA) is 94.8 Å². The number of hydrogen-bond acceptors (Lipinski definition) is 3. The number of H-pyrrole nitrogens is 2. The van der Waals surface area contributed by atoms with E-state index in [2.05, 4.69) is 15.3 Å². The molecule has 0 bridgehead atoms. The van der Waals surface area contributed by atoms with E-state index in [4.69, 9.17) is 0 Å². The fraction of sp³-hybridized carbons (Fsp3) is 0.118. The molecule has 0 unspecified atom stereocenters. The predicted octanol–water partition coefficient (Wildman–Crippen LogP) is 2.03. The molecule has 1 heterocycles. The van der Waals surface area contributed by atoms with Crippen LogP contribution in [0.15, 0.2) is 52.1 Å². The molecule has 1 aromatic heterocycles. The first-order chi connectivity index (χ1) is 11.1. The van der Waals surface area contributed by atoms with E-state index in [1.807, 2.05) is 31.2 Å². The number of carbonyl (C=O) groups excluding carboxylic acids is 1. The van der Waals surface area contributed by atoms with Crippen molar-refractivity contribution in [1.29, 1.82) is 0 Å². The van der Waals surface area contributed by atoms with Crippen molar-refractivity contribution in [2.24, 2.45) is 0 Å². The van der Waals surface area contributed by atoms with E-state index < -0.39 is 11.1 Å². The highest BCUT2D eigenvalue weighted by atomic mass is 16.2. The Morgan fingerprint density at radius 1 is 1.00 bits per heavy atom. The first kappa shape index (κ1) is 14.8. The lowest BCUT2D eigenvalue weighted by atomic mass is 10.1. The van der Waals surface area contributed by atoms with Crippen LogP contribution in [0.2, 0.25) is 0 Å². The average molecular weight is 309 g/mol. The van der Waals surface area contributed by atoms with Gasteiger partial charge in [-0.2, -0.15) is 0 Å². The summed E-state index contributed by atoms with van der Waals surface area (Å²) in [6.07, 6.45) is 0.808. The zero-order chi connectivity index (χ0) is 16.4. The zero-order valence-electron chi connectivity index (χ0n) is 12.5. The minimum Gasteiger partial charge on any atom is -0.322 e. The average Bonchev–Trinajstić information content (AvgIpc) is 2.56. The van der Waals surface area contributed by atoms with Crippen molar-refractivity contribution < 1.29 is 4.79 Å². The number of carbonyl (C=O) groups is 1. The van der Waals surface area contributed by atoms with E-state index in [1.165, 1.54) is 6.07 Å². The van der Waals surface area contributed by atoms with Crippen molar-refractivity contribution in [2.75, 3.05) is 5.32 Å². The smallest absolute Gasteiger partial charge is 0.314 e. The first-order valence-electron chi connectivity index (χ1n) is 7.24. The quantitative estimate of drug-likeness (QED) is 0.646. The van der Waals surface area contributed by atoms with Gasteiger partial charge in [-0.3, -0.25) is 14.4 Å². The highest BCUT2D eigenvalue weighted by Crippen LogP contribution is 2.17. The third-order valence-electron chi connectivity index (χ3n) is 3.63. The van der Waals surface area contributed by atoms with Crippen LogP contribution in [-0.4, -0.2) is 15.9 Å². The number of aromatic nitrogens is 2. The molecule has 0 aliphatic heterocycles. The Labute approximate surface area is 131 Å². The number of amides is 1. The van der Waals surface area contributed by atoms with Crippen molar-refractivity contribution in [2.45, 2.75) is 13.3 Å². The Bertz CT molecular complexity index is 1000. The summed E-state index contributed by atoms with van der Waals surface area (Å²) in [6, 6.07) is 12.3. The number of aryl methyl sites for hydroxylation is 1. The standard InChI is InChI=1S/C17H15N3O3/c1-2-10-5-3-4-6-12(10)18-15(21)11-7-8-13-14(9-11)20-17(23)16(22)19-13/h3-9H,2H2,1H3,(H,18,21)(H,19,22)(H,20,23). The number of anilines is 1. The summed E-state index contributed by atoms with van der Waals surface area (Å²) in [6.45, 7) is 2.02. The van der Waals surface area contributed by atoms with Gasteiger partial charge in [0.1, 0.15) is 0 Å². The number of nitrogens with one attached hydrogen (secondary N) is 3. The molecule has 2 aromatic carbocycles. The van der Waals surface area contributed by atoms with Crippen LogP contribution in [0.25, 0.3) is 11.0 Å². The maximum Gasteiger partial charge on any atom is 0.314 e. The molecule has 0 fully saturated rings. The van der Waals surface area contributed by atoms with Crippen LogP contribution in [-0.2, 0) is 6.42 Å². The van der Waals surface area contributed by atoms with E-state index in [1.54, 1.807) is 12.1 Å². The summed E-state index contributed by atoms with van der Waals surface area (Å²) in [7, 11) is 0. The van der Waals surface area contributed by atoms with Gasteiger partial charge in [0.2, 0.25) is 0 Å². The molecule has 0 radical (unpaired) electrons. The van der Waals surface area contributed by atoms with Gasteiger partial charge >= 0.3 is 11.1 Å². The fourth-order valence-electron chi connectivity index (χ4n) is 2.40. The summed E-state index contributed by atoms with van der Waals surface area (Å²) >= 11 is 0. The van der Waals surface area contributed by atoms with Crippen molar-refractivity contribution in [3.63, 3.8) is 0 Å². The van der Waals surface area contributed by atoms with Crippen molar-refractivity contribution in [3.05, 3.63) is 74.3 Å². The second-order valence-corrected chi connectivity index (χ2v) is 5.13. The van der Waals surface area contributed by atoms with Crippen molar-refractivity contribution in [1.82, 2.24) is 9.97 Å². The summed E-state index contributed by atoms with van der Waals surface area (Å²) < 4.78 is 0. The van der Waals surface area contributed by atoms with Gasteiger partial charge in [-0.25, -0.2) is 0 Å². The molecule has 1 amide bonds. The second-order valence-electron chi connectivity index (χ2n) is 5.13. The maximum atomic E-state index is 12.4. The number of fused-ring (bicyclic) bond motifs is 1. The van der Waals surface area contributed by atoms with Gasteiger partial charge in [-0.05, 0) is 36.2 Å². The molecule has 6 nitrogen and oxygen atoms in total. The van der Waals surface area contributed by atoms with Crippen LogP contribution in [0, 0.1) is 0 Å². The number of rotatable bonds is 3. The SMILES string of the molecule is CCc1ccccc1NC(=O)c1ccc2[nH]c(=O)c(=O)[nH]c2c1. The summed E-state index contributed by atoms with van der Waals surface area (Å²) in [5.41, 5.74) is 1.62. The van der Waals surface area contributed by atoms with Crippen LogP contribution >= 0.6 is 0 Å². The molecule has 3 aromatic rings. The lowest BCUT2D eigenvalue weighted by Gasteiger charge is -2.10. The number of hydrogen-bond donors (Lipinski definition) is 3. The zero-order valence-corrected chi connectivity index (χ0v) is 12.5. The number of aromatic amines is 2. The molecule has 6 heteroatoms. The molecule has 116 valence electrons. The molecule has 3 N–H and O–H groups in total. The Morgan fingerprint density at radius 3 is 2.43 bits per heavy atom. The van der Waals surface area contributed by atoms with E-state index in [9.17, 15) is 14.4 Å². The molecule has 0 atom stereocenters. The third kappa shape index (κ3) is 2.91. The van der Waals surface area contributed by atoms with E-state index in [0.29, 0.717) is 16.6 Å². The van der Waals surface area contributed by atoms with Crippen molar-refractivity contribution in [3.8, 4) is 0 Å². The Morgan fingerprint density at radius 2 is 1.70 bits per heavy atom. The summed E-state index contributed by atoms with van der Waals surface area (Å²) in [5, 5.41) is 2.87. The highest BCUT2D eigenvalue weighted by Gasteiger charge is 2.10. The van der Waals surface area contributed by atoms with Gasteiger partial charge < -0.3 is 15.3 Å². The van der Waals surface area contributed by atoms with Gasteiger partial charge in [-0.1, -0.05) is 25.1 Å². The number of benzene rings is 2. The molecule has 3 rings (SSSR count). The molecular weight excluding hydrogens is 294 g/mol. The largest absolute Gasteiger partial charge is 0.322 e. The molecule has 0 saturated heterocycles. The highest BCUT2D eigenvalue weighted by molar-refractivity contribution is 6.06. The van der Waals surface area contributed by atoms with Gasteiger partial charge in [-0.15, -0.1) is 0 Å². The maximum absolute atomic E-state index is 12.4. The first-order valence-corrected chi connectivity index (χ1v) is 7.24. The van der Waals surface area contributed by atoms with E-state index in [0.717, 1.165) is 17.7 Å². The third-order valence-corrected chi connectivity index (χ3v) is 3.63. The van der Waals surface area contributed by atoms with E-state index >= 15 is 0 Å². The summed E-state index contributed by atoms with van der Waals surface area (Å²) in [4.78, 5) is 40.0. The monoisotopic (exact) mass is 309 g/mol. The van der Waals surface area contributed by atoms with Gasteiger partial charge in [0.25, 0.3) is 5.91 Å². The fourth-order valence-corrected chi connectivity index (χ4v) is 2.40. The Kier molecular flexibility index (Phi) is 3.80. The van der Waals surface area contributed by atoms with Gasteiger partial charge in [0.15, 0.2) is 0 Å². The molecule has 0 aliphatic rings. The van der Waals surface area contributed by atoms with Gasteiger partial charge in [0, 0.05) is 11.3 Å². The summed E-state index contributed by atoms with van der Waals surface area (Å²) in [5.74, 6) is -0.278. The Balaban J connectivity index is 1.96.